The van der Waals surface area contributed by atoms with Crippen LogP contribution >= 0.6 is 11.8 Å². The average Bonchev–Trinajstić information content (AvgIpc) is 3.38. The topological polar surface area (TPSA) is 222 Å². The molecule has 1 rings (SSSR count). The predicted molar refractivity (Wildman–Crippen MR) is 195 cm³/mol. The van der Waals surface area contributed by atoms with Gasteiger partial charge in [0.1, 0.15) is 12.4 Å². The van der Waals surface area contributed by atoms with Crippen LogP contribution in [0.5, 0.6) is 0 Å². The van der Waals surface area contributed by atoms with Gasteiger partial charge in [-0.1, -0.05) is 38.5 Å². The minimum absolute atomic E-state index is 0.0696. The number of likely N-dealkylation sites (N-methyl/N-ethyl adjacent to an activating group) is 1. The zero-order valence-electron chi connectivity index (χ0n) is 30.9. The molecule has 1 heterocycles. The van der Waals surface area contributed by atoms with E-state index in [1.807, 2.05) is 0 Å². The third-order valence-corrected chi connectivity index (χ3v) is 9.39. The number of carbonyl (C=O) groups excluding carboxylic acids is 5. The van der Waals surface area contributed by atoms with E-state index >= 15 is 0 Å². The number of ketones is 1. The molecule has 2 atom stereocenters. The van der Waals surface area contributed by atoms with E-state index in [-0.39, 0.29) is 62.7 Å². The number of amides is 4. The number of aliphatic carboxylic acids is 1. The molecule has 0 aromatic carbocycles. The van der Waals surface area contributed by atoms with Crippen molar-refractivity contribution in [2.45, 2.75) is 94.8 Å². The van der Waals surface area contributed by atoms with E-state index in [1.165, 1.54) is 16.7 Å². The lowest BCUT2D eigenvalue weighted by molar-refractivity contribution is -0.139. The number of imide groups is 1. The fraction of sp³-hybridized carbons (Fsp3) is 0.829. The Morgan fingerprint density at radius 2 is 1.27 bits per heavy atom. The minimum Gasteiger partial charge on any atom is -0.481 e. The fourth-order valence-electron chi connectivity index (χ4n) is 5.09. The van der Waals surface area contributed by atoms with Gasteiger partial charge in [0.25, 0.3) is 0 Å². The van der Waals surface area contributed by atoms with Crippen LogP contribution in [-0.2, 0) is 52.5 Å². The van der Waals surface area contributed by atoms with Gasteiger partial charge in [0.05, 0.1) is 77.3 Å². The molecule has 1 saturated heterocycles. The number of carboxylic acids is 1. The molecule has 0 saturated carbocycles. The molecule has 0 bridgehead atoms. The second kappa shape index (κ2) is 31.8. The third-order valence-electron chi connectivity index (χ3n) is 8.09. The Bertz CT molecular complexity index is 1040. The summed E-state index contributed by atoms with van der Waals surface area (Å²) >= 11 is 1.24. The lowest BCUT2D eigenvalue weighted by atomic mass is 10.0. The molecule has 5 N–H and O–H groups in total. The van der Waals surface area contributed by atoms with Crippen molar-refractivity contribution >= 4 is 47.1 Å². The quantitative estimate of drug-likeness (QED) is 0.0520. The standard InChI is InChI=1S/C35H62N4O12S/c1-37-29(34(36)45)27-52-30-25-32(42)39(35(30)46)15-16-47-17-18-48-19-20-49-21-22-50-23-24-51-26-31(41)38-14-10-12-28(40)11-8-6-4-2-3-5-7-9-13-33(43)44/h29-30,37H,2-27H2,1H3,(H2,36,45)(H,38,41)(H,43,44). The van der Waals surface area contributed by atoms with Gasteiger partial charge >= 0.3 is 5.97 Å². The third kappa shape index (κ3) is 25.3. The first-order valence-electron chi connectivity index (χ1n) is 18.5. The van der Waals surface area contributed by atoms with Crippen LogP contribution in [0.2, 0.25) is 0 Å². The number of nitrogens with two attached hydrogens (primary N) is 1. The Morgan fingerprint density at radius 1 is 0.769 bits per heavy atom. The molecule has 0 aromatic rings. The van der Waals surface area contributed by atoms with Gasteiger partial charge in [-0.05, 0) is 26.3 Å². The number of carbonyl (C=O) groups is 6. The number of primary amides is 1. The number of nitrogens with zero attached hydrogens (tertiary/aromatic N) is 1. The normalized spacial score (nSPS) is 14.9. The van der Waals surface area contributed by atoms with Gasteiger partial charge in [0.15, 0.2) is 0 Å². The van der Waals surface area contributed by atoms with Gasteiger partial charge < -0.3 is 45.2 Å². The number of unbranched alkanes of at least 4 members (excludes halogenated alkanes) is 7. The van der Waals surface area contributed by atoms with Gasteiger partial charge in [-0.25, -0.2) is 0 Å². The van der Waals surface area contributed by atoms with E-state index in [4.69, 9.17) is 34.5 Å². The van der Waals surface area contributed by atoms with Crippen LogP contribution in [0, 0.1) is 0 Å². The summed E-state index contributed by atoms with van der Waals surface area (Å²) in [4.78, 5) is 71.7. The number of Topliss-reactive ketones (excluding diaryl/α,β-unsaturated/α-hetero) is 1. The highest BCUT2D eigenvalue weighted by molar-refractivity contribution is 8.00. The van der Waals surface area contributed by atoms with Crippen molar-refractivity contribution in [3.05, 3.63) is 0 Å². The number of carboxylic acid groups (broad SMARTS) is 1. The van der Waals surface area contributed by atoms with Crippen LogP contribution < -0.4 is 16.4 Å². The maximum atomic E-state index is 12.5. The largest absolute Gasteiger partial charge is 0.481 e. The first-order chi connectivity index (χ1) is 25.1. The van der Waals surface area contributed by atoms with Gasteiger partial charge in [-0.2, -0.15) is 0 Å². The number of hydrogen-bond acceptors (Lipinski definition) is 13. The summed E-state index contributed by atoms with van der Waals surface area (Å²) in [6, 6.07) is -0.565. The van der Waals surface area contributed by atoms with E-state index in [0.717, 1.165) is 51.4 Å². The summed E-state index contributed by atoms with van der Waals surface area (Å²) in [6.07, 6.45) is 9.99. The van der Waals surface area contributed by atoms with Crippen LogP contribution in [0.3, 0.4) is 0 Å². The Hall–Kier alpha value is -2.67. The number of likely N-dealkylation sites (tertiary alicyclic amines) is 1. The molecule has 0 aromatic heterocycles. The molecule has 17 heteroatoms. The molecule has 1 aliphatic rings. The van der Waals surface area contributed by atoms with E-state index in [0.29, 0.717) is 77.8 Å². The number of thioether (sulfide) groups is 1. The second-order valence-electron chi connectivity index (χ2n) is 12.4. The van der Waals surface area contributed by atoms with Gasteiger partial charge in [0.2, 0.25) is 23.6 Å². The minimum atomic E-state index is -0.732. The molecule has 0 aliphatic carbocycles. The summed E-state index contributed by atoms with van der Waals surface area (Å²) in [7, 11) is 1.61. The highest BCUT2D eigenvalue weighted by Crippen LogP contribution is 2.25. The fourth-order valence-corrected chi connectivity index (χ4v) is 6.37. The number of ether oxygens (including phenoxy) is 5. The Labute approximate surface area is 312 Å². The number of rotatable bonds is 37. The van der Waals surface area contributed by atoms with Crippen molar-refractivity contribution in [3.63, 3.8) is 0 Å². The van der Waals surface area contributed by atoms with E-state index in [2.05, 4.69) is 10.6 Å². The van der Waals surface area contributed by atoms with Gasteiger partial charge in [-0.3, -0.25) is 33.7 Å². The smallest absolute Gasteiger partial charge is 0.303 e. The van der Waals surface area contributed by atoms with Crippen molar-refractivity contribution in [1.29, 1.82) is 0 Å². The van der Waals surface area contributed by atoms with Crippen LogP contribution in [0.15, 0.2) is 0 Å². The molecular formula is C35H62N4O12S. The molecule has 1 aliphatic heterocycles. The van der Waals surface area contributed by atoms with E-state index < -0.39 is 23.2 Å². The lowest BCUT2D eigenvalue weighted by Crippen LogP contribution is -2.42. The summed E-state index contributed by atoms with van der Waals surface area (Å²) in [5, 5.41) is 13.6. The van der Waals surface area contributed by atoms with Crippen molar-refractivity contribution in [3.8, 4) is 0 Å². The molecular weight excluding hydrogens is 700 g/mol. The maximum absolute atomic E-state index is 12.5. The zero-order valence-corrected chi connectivity index (χ0v) is 31.7. The Balaban J connectivity index is 1.83. The molecule has 0 radical (unpaired) electrons. The Kier molecular flexibility index (Phi) is 29.0. The lowest BCUT2D eigenvalue weighted by Gasteiger charge is -2.16. The summed E-state index contributed by atoms with van der Waals surface area (Å²) in [6.45, 7) is 3.48. The van der Waals surface area contributed by atoms with Crippen LogP contribution in [0.1, 0.15) is 83.5 Å². The molecule has 0 spiro atoms. The molecule has 4 amide bonds. The summed E-state index contributed by atoms with van der Waals surface area (Å²) in [5.74, 6) is -1.48. The van der Waals surface area contributed by atoms with E-state index in [1.54, 1.807) is 7.05 Å². The molecule has 16 nitrogen and oxygen atoms in total. The first kappa shape index (κ1) is 47.4. The van der Waals surface area contributed by atoms with Crippen molar-refractivity contribution in [1.82, 2.24) is 15.5 Å². The average molecular weight is 763 g/mol. The van der Waals surface area contributed by atoms with Crippen LogP contribution in [-0.4, -0.2) is 149 Å². The second-order valence-corrected chi connectivity index (χ2v) is 13.6. The molecule has 1 fully saturated rings. The van der Waals surface area contributed by atoms with Crippen molar-refractivity contribution in [2.75, 3.05) is 92.0 Å². The maximum Gasteiger partial charge on any atom is 0.303 e. The number of hydrogen-bond donors (Lipinski definition) is 4. The highest BCUT2D eigenvalue weighted by atomic mass is 32.2. The predicted octanol–water partition coefficient (Wildman–Crippen LogP) is 1.45. The SMILES string of the molecule is CNC(CSC1CC(=O)N(CCOCCOCCOCCOCCOCC(=O)NCCCC(=O)CCCCCCCCCCC(=O)O)C1=O)C(N)=O. The van der Waals surface area contributed by atoms with Crippen LogP contribution in [0.4, 0.5) is 0 Å². The Morgan fingerprint density at radius 3 is 1.81 bits per heavy atom. The zero-order chi connectivity index (χ0) is 38.2. The number of nitrogens with one attached hydrogen (secondary N) is 2. The van der Waals surface area contributed by atoms with Crippen molar-refractivity contribution in [2.24, 2.45) is 5.73 Å². The molecule has 52 heavy (non-hydrogen) atoms. The van der Waals surface area contributed by atoms with Crippen LogP contribution in [0.25, 0.3) is 0 Å². The van der Waals surface area contributed by atoms with Gasteiger partial charge in [-0.15, -0.1) is 11.8 Å². The van der Waals surface area contributed by atoms with E-state index in [9.17, 15) is 28.8 Å². The van der Waals surface area contributed by atoms with Crippen molar-refractivity contribution < 1.29 is 57.6 Å². The molecule has 2 unspecified atom stereocenters. The monoisotopic (exact) mass is 762 g/mol. The summed E-state index contributed by atoms with van der Waals surface area (Å²) < 4.78 is 27.1. The van der Waals surface area contributed by atoms with Gasteiger partial charge in [0, 0.05) is 38.0 Å². The highest BCUT2D eigenvalue weighted by Gasteiger charge is 2.39. The molecule has 300 valence electrons. The summed E-state index contributed by atoms with van der Waals surface area (Å²) in [5.41, 5.74) is 5.30. The first-order valence-corrected chi connectivity index (χ1v) is 19.5.